The van der Waals surface area contributed by atoms with Crippen molar-refractivity contribution in [2.45, 2.75) is 51.1 Å². The second-order valence-electron chi connectivity index (χ2n) is 7.15. The first-order valence-electron chi connectivity index (χ1n) is 9.07. The van der Waals surface area contributed by atoms with Gasteiger partial charge in [0.1, 0.15) is 0 Å². The van der Waals surface area contributed by atoms with E-state index in [1.807, 2.05) is 23.9 Å². The average molecular weight is 348 g/mol. The van der Waals surface area contributed by atoms with Crippen molar-refractivity contribution in [2.24, 2.45) is 5.73 Å². The lowest BCUT2D eigenvalue weighted by molar-refractivity contribution is -0.122. The number of carbonyl (C=O) groups excluding carboxylic acids is 1. The Kier molecular flexibility index (Phi) is 5.85. The minimum absolute atomic E-state index is 0.0168. The van der Waals surface area contributed by atoms with Gasteiger partial charge in [-0.3, -0.25) is 9.69 Å². The molecule has 0 radical (unpaired) electrons. The predicted octanol–water partition coefficient (Wildman–Crippen LogP) is 3.14. The van der Waals surface area contributed by atoms with Crippen molar-refractivity contribution in [2.75, 3.05) is 29.9 Å². The molecule has 0 spiro atoms. The summed E-state index contributed by atoms with van der Waals surface area (Å²) in [5.74, 6) is 2.41. The van der Waals surface area contributed by atoms with Gasteiger partial charge in [-0.2, -0.15) is 11.8 Å². The van der Waals surface area contributed by atoms with E-state index in [0.29, 0.717) is 0 Å². The topological polar surface area (TPSA) is 58.4 Å². The van der Waals surface area contributed by atoms with Crippen LogP contribution in [-0.4, -0.2) is 40.9 Å². The molecule has 2 aliphatic rings. The zero-order valence-corrected chi connectivity index (χ0v) is 15.5. The molecule has 1 amide bonds. The first kappa shape index (κ1) is 17.8. The van der Waals surface area contributed by atoms with Crippen molar-refractivity contribution in [1.82, 2.24) is 4.90 Å². The monoisotopic (exact) mass is 347 g/mol. The third kappa shape index (κ3) is 4.13. The Morgan fingerprint density at radius 2 is 1.96 bits per heavy atom. The van der Waals surface area contributed by atoms with Crippen LogP contribution in [0.1, 0.15) is 43.2 Å². The number of benzene rings is 1. The van der Waals surface area contributed by atoms with Crippen LogP contribution in [0.4, 0.5) is 5.69 Å². The molecule has 3 N–H and O–H groups in total. The third-order valence-corrected chi connectivity index (χ3v) is 6.33. The van der Waals surface area contributed by atoms with Gasteiger partial charge >= 0.3 is 0 Å². The van der Waals surface area contributed by atoms with E-state index < -0.39 is 5.54 Å². The highest BCUT2D eigenvalue weighted by Gasteiger charge is 2.35. The van der Waals surface area contributed by atoms with Crippen molar-refractivity contribution in [1.29, 1.82) is 0 Å². The molecular weight excluding hydrogens is 318 g/mol. The van der Waals surface area contributed by atoms with Gasteiger partial charge in [0.2, 0.25) is 5.91 Å². The predicted molar refractivity (Wildman–Crippen MR) is 102 cm³/mol. The van der Waals surface area contributed by atoms with Crippen molar-refractivity contribution in [3.63, 3.8) is 0 Å². The van der Waals surface area contributed by atoms with Crippen molar-refractivity contribution < 1.29 is 4.79 Å². The molecule has 0 aromatic heterocycles. The summed E-state index contributed by atoms with van der Waals surface area (Å²) in [6, 6.07) is 6.21. The van der Waals surface area contributed by atoms with Crippen LogP contribution in [0.5, 0.6) is 0 Å². The Hall–Kier alpha value is -1.04. The van der Waals surface area contributed by atoms with E-state index in [2.05, 4.69) is 23.2 Å². The van der Waals surface area contributed by atoms with Crippen LogP contribution in [0.15, 0.2) is 18.2 Å². The first-order chi connectivity index (χ1) is 11.6. The second-order valence-corrected chi connectivity index (χ2v) is 8.37. The molecular formula is C19H29N3OS. The van der Waals surface area contributed by atoms with Gasteiger partial charge in [-0.15, -0.1) is 0 Å². The summed E-state index contributed by atoms with van der Waals surface area (Å²) < 4.78 is 0. The summed E-state index contributed by atoms with van der Waals surface area (Å²) in [5.41, 5.74) is 9.06. The number of rotatable bonds is 4. The summed E-state index contributed by atoms with van der Waals surface area (Å²) in [6.45, 7) is 5.36. The van der Waals surface area contributed by atoms with Crippen LogP contribution in [0, 0.1) is 6.92 Å². The summed E-state index contributed by atoms with van der Waals surface area (Å²) in [5, 5.41) is 3.11. The maximum atomic E-state index is 12.7. The van der Waals surface area contributed by atoms with E-state index in [4.69, 9.17) is 5.73 Å². The molecule has 1 aliphatic carbocycles. The molecule has 2 fully saturated rings. The number of nitrogens with two attached hydrogens (primary N) is 1. The van der Waals surface area contributed by atoms with Gasteiger partial charge in [-0.05, 0) is 37.0 Å². The normalized spacial score (nSPS) is 21.4. The largest absolute Gasteiger partial charge is 0.324 e. The van der Waals surface area contributed by atoms with Gasteiger partial charge < -0.3 is 11.1 Å². The van der Waals surface area contributed by atoms with Gasteiger partial charge in [0.15, 0.2) is 0 Å². The Balaban J connectivity index is 1.69. The van der Waals surface area contributed by atoms with E-state index in [-0.39, 0.29) is 5.91 Å². The molecule has 1 heterocycles. The second kappa shape index (κ2) is 7.89. The highest BCUT2D eigenvalue weighted by molar-refractivity contribution is 7.99. The number of nitrogens with one attached hydrogen (secondary N) is 1. The molecule has 1 saturated heterocycles. The number of thioether (sulfide) groups is 1. The van der Waals surface area contributed by atoms with Gasteiger partial charge in [0.05, 0.1) is 5.54 Å². The SMILES string of the molecule is Cc1c(CN2CCSCC2)cccc1NC(=O)C1(N)CCCCC1. The Morgan fingerprint density at radius 1 is 1.25 bits per heavy atom. The van der Waals surface area contributed by atoms with Gasteiger partial charge in [0.25, 0.3) is 0 Å². The van der Waals surface area contributed by atoms with E-state index in [0.717, 1.165) is 51.0 Å². The molecule has 1 saturated carbocycles. The zero-order valence-electron chi connectivity index (χ0n) is 14.6. The molecule has 4 nitrogen and oxygen atoms in total. The molecule has 132 valence electrons. The Morgan fingerprint density at radius 3 is 2.67 bits per heavy atom. The van der Waals surface area contributed by atoms with Crippen LogP contribution in [0.2, 0.25) is 0 Å². The third-order valence-electron chi connectivity index (χ3n) is 5.39. The summed E-state index contributed by atoms with van der Waals surface area (Å²) >= 11 is 2.03. The zero-order chi connectivity index (χ0) is 17.0. The maximum absolute atomic E-state index is 12.7. The van der Waals surface area contributed by atoms with Crippen LogP contribution in [0.25, 0.3) is 0 Å². The lowest BCUT2D eigenvalue weighted by Crippen LogP contribution is -2.52. The lowest BCUT2D eigenvalue weighted by Gasteiger charge is -2.32. The fourth-order valence-electron chi connectivity index (χ4n) is 3.65. The van der Waals surface area contributed by atoms with E-state index in [1.165, 1.54) is 29.1 Å². The molecule has 1 aliphatic heterocycles. The highest BCUT2D eigenvalue weighted by Crippen LogP contribution is 2.28. The smallest absolute Gasteiger partial charge is 0.244 e. The molecule has 1 aromatic carbocycles. The quantitative estimate of drug-likeness (QED) is 0.878. The summed E-state index contributed by atoms with van der Waals surface area (Å²) in [6.07, 6.45) is 4.88. The number of amides is 1. The first-order valence-corrected chi connectivity index (χ1v) is 10.2. The number of hydrogen-bond donors (Lipinski definition) is 2. The minimum Gasteiger partial charge on any atom is -0.324 e. The molecule has 24 heavy (non-hydrogen) atoms. The number of carbonyl (C=O) groups is 1. The summed E-state index contributed by atoms with van der Waals surface area (Å²) in [4.78, 5) is 15.2. The van der Waals surface area contributed by atoms with E-state index >= 15 is 0 Å². The van der Waals surface area contributed by atoms with Crippen molar-refractivity contribution in [3.8, 4) is 0 Å². The maximum Gasteiger partial charge on any atom is 0.244 e. The van der Waals surface area contributed by atoms with Gasteiger partial charge in [-0.1, -0.05) is 31.4 Å². The Bertz CT molecular complexity index is 578. The number of anilines is 1. The van der Waals surface area contributed by atoms with Gasteiger partial charge in [-0.25, -0.2) is 0 Å². The number of nitrogens with zero attached hydrogens (tertiary/aromatic N) is 1. The van der Waals surface area contributed by atoms with Gasteiger partial charge in [0, 0.05) is 36.8 Å². The van der Waals surface area contributed by atoms with Crippen LogP contribution < -0.4 is 11.1 Å². The molecule has 0 atom stereocenters. The standard InChI is InChI=1S/C19H29N3OS/c1-15-16(14-22-10-12-24-13-11-22)6-5-7-17(15)21-18(23)19(20)8-3-2-4-9-19/h5-7H,2-4,8-14,20H2,1H3,(H,21,23). The van der Waals surface area contributed by atoms with Crippen LogP contribution in [-0.2, 0) is 11.3 Å². The fraction of sp³-hybridized carbons (Fsp3) is 0.632. The molecule has 1 aromatic rings. The molecule has 0 unspecified atom stereocenters. The highest BCUT2D eigenvalue weighted by atomic mass is 32.2. The van der Waals surface area contributed by atoms with Crippen molar-refractivity contribution >= 4 is 23.4 Å². The van der Waals surface area contributed by atoms with E-state index in [1.54, 1.807) is 0 Å². The van der Waals surface area contributed by atoms with Crippen LogP contribution in [0.3, 0.4) is 0 Å². The lowest BCUT2D eigenvalue weighted by atomic mass is 9.82. The molecule has 5 heteroatoms. The Labute approximate surface area is 149 Å². The van der Waals surface area contributed by atoms with Crippen molar-refractivity contribution in [3.05, 3.63) is 29.3 Å². The summed E-state index contributed by atoms with van der Waals surface area (Å²) in [7, 11) is 0. The average Bonchev–Trinajstić information content (AvgIpc) is 2.60. The fourth-order valence-corrected chi connectivity index (χ4v) is 4.63. The van der Waals surface area contributed by atoms with Crippen LogP contribution >= 0.6 is 11.8 Å². The molecule has 3 rings (SSSR count). The number of hydrogen-bond acceptors (Lipinski definition) is 4. The minimum atomic E-state index is -0.690. The van der Waals surface area contributed by atoms with E-state index in [9.17, 15) is 4.79 Å². The molecule has 0 bridgehead atoms.